The molecule has 1 saturated heterocycles. The van der Waals surface area contributed by atoms with Gasteiger partial charge in [0, 0.05) is 5.02 Å². The van der Waals surface area contributed by atoms with Crippen LogP contribution in [0.4, 0.5) is 10.5 Å². The third-order valence-corrected chi connectivity index (χ3v) is 4.99. The summed E-state index contributed by atoms with van der Waals surface area (Å²) in [7, 11) is 0. The van der Waals surface area contributed by atoms with Crippen molar-refractivity contribution in [1.29, 1.82) is 0 Å². The SMILES string of the molecule is O=C1S/C(=C/c2coc3ccccc3c2=O)C(=O)N1c1ccc(Cl)cc1. The maximum absolute atomic E-state index is 12.6. The lowest BCUT2D eigenvalue weighted by Crippen LogP contribution is -2.27. The van der Waals surface area contributed by atoms with E-state index in [0.29, 0.717) is 21.7 Å². The lowest BCUT2D eigenvalue weighted by Gasteiger charge is -2.12. The van der Waals surface area contributed by atoms with Gasteiger partial charge in [-0.1, -0.05) is 23.7 Å². The van der Waals surface area contributed by atoms with Crippen molar-refractivity contribution in [3.63, 3.8) is 0 Å². The van der Waals surface area contributed by atoms with E-state index in [-0.39, 0.29) is 15.9 Å². The molecule has 0 N–H and O–H groups in total. The maximum Gasteiger partial charge on any atom is 0.298 e. The number of thioether (sulfide) groups is 1. The number of benzene rings is 2. The van der Waals surface area contributed by atoms with Crippen molar-refractivity contribution < 1.29 is 14.0 Å². The van der Waals surface area contributed by atoms with Crippen LogP contribution in [0.5, 0.6) is 0 Å². The van der Waals surface area contributed by atoms with E-state index in [1.165, 1.54) is 12.3 Å². The number of amides is 2. The molecule has 2 amide bonds. The summed E-state index contributed by atoms with van der Waals surface area (Å²) in [5.74, 6) is -0.491. The molecule has 2 heterocycles. The molecule has 26 heavy (non-hydrogen) atoms. The van der Waals surface area contributed by atoms with Gasteiger partial charge in [-0.2, -0.15) is 0 Å². The summed E-state index contributed by atoms with van der Waals surface area (Å²) < 4.78 is 5.44. The van der Waals surface area contributed by atoms with Crippen molar-refractivity contribution in [2.45, 2.75) is 0 Å². The minimum atomic E-state index is -0.491. The molecule has 0 aliphatic carbocycles. The van der Waals surface area contributed by atoms with E-state index in [2.05, 4.69) is 0 Å². The molecular weight excluding hydrogens is 374 g/mol. The Morgan fingerprint density at radius 2 is 1.73 bits per heavy atom. The number of nitrogens with zero attached hydrogens (tertiary/aromatic N) is 1. The van der Waals surface area contributed by atoms with Crippen molar-refractivity contribution in [1.82, 2.24) is 0 Å². The van der Waals surface area contributed by atoms with E-state index in [1.807, 2.05) is 0 Å². The maximum atomic E-state index is 12.6. The Labute approximate surface area is 156 Å². The molecule has 0 spiro atoms. The summed E-state index contributed by atoms with van der Waals surface area (Å²) in [6.07, 6.45) is 2.68. The molecule has 1 aliphatic rings. The number of rotatable bonds is 2. The third kappa shape index (κ3) is 2.83. The first-order chi connectivity index (χ1) is 12.5. The van der Waals surface area contributed by atoms with E-state index in [4.69, 9.17) is 16.0 Å². The molecule has 3 aromatic rings. The van der Waals surface area contributed by atoms with E-state index in [1.54, 1.807) is 48.5 Å². The van der Waals surface area contributed by atoms with Gasteiger partial charge in [0.2, 0.25) is 0 Å². The lowest BCUT2D eigenvalue weighted by molar-refractivity contribution is -0.113. The highest BCUT2D eigenvalue weighted by atomic mass is 35.5. The zero-order valence-electron chi connectivity index (χ0n) is 13.1. The van der Waals surface area contributed by atoms with Crippen LogP contribution in [0.25, 0.3) is 17.0 Å². The van der Waals surface area contributed by atoms with Crippen LogP contribution in [0.1, 0.15) is 5.56 Å². The second-order valence-electron chi connectivity index (χ2n) is 5.51. The second kappa shape index (κ2) is 6.48. The summed E-state index contributed by atoms with van der Waals surface area (Å²) in [6, 6.07) is 13.2. The fourth-order valence-electron chi connectivity index (χ4n) is 2.61. The zero-order valence-corrected chi connectivity index (χ0v) is 14.7. The van der Waals surface area contributed by atoms with Crippen LogP contribution in [-0.2, 0) is 4.79 Å². The number of hydrogen-bond donors (Lipinski definition) is 0. The predicted molar refractivity (Wildman–Crippen MR) is 102 cm³/mol. The van der Waals surface area contributed by atoms with Crippen LogP contribution >= 0.6 is 23.4 Å². The van der Waals surface area contributed by atoms with Gasteiger partial charge in [-0.3, -0.25) is 14.4 Å². The van der Waals surface area contributed by atoms with Gasteiger partial charge in [0.1, 0.15) is 11.8 Å². The normalized spacial score (nSPS) is 16.0. The molecule has 1 aromatic heterocycles. The van der Waals surface area contributed by atoms with E-state index in [0.717, 1.165) is 16.7 Å². The van der Waals surface area contributed by atoms with Crippen molar-refractivity contribution in [2.24, 2.45) is 0 Å². The molecule has 0 bridgehead atoms. The summed E-state index contributed by atoms with van der Waals surface area (Å²) >= 11 is 6.62. The Balaban J connectivity index is 1.74. The van der Waals surface area contributed by atoms with Crippen molar-refractivity contribution in [3.8, 4) is 0 Å². The van der Waals surface area contributed by atoms with Crippen LogP contribution in [0, 0.1) is 0 Å². The van der Waals surface area contributed by atoms with Gasteiger partial charge in [0.25, 0.3) is 11.1 Å². The minimum absolute atomic E-state index is 0.160. The molecule has 1 fully saturated rings. The molecule has 0 saturated carbocycles. The number of carbonyl (C=O) groups excluding carboxylic acids is 2. The quantitative estimate of drug-likeness (QED) is 0.600. The Kier molecular flexibility index (Phi) is 4.14. The summed E-state index contributed by atoms with van der Waals surface area (Å²) in [5, 5.41) is 0.483. The van der Waals surface area contributed by atoms with Crippen LogP contribution in [0.3, 0.4) is 0 Å². The average Bonchev–Trinajstić information content (AvgIpc) is 2.92. The molecule has 4 rings (SSSR count). The summed E-state index contributed by atoms with van der Waals surface area (Å²) in [6.45, 7) is 0. The molecule has 7 heteroatoms. The topological polar surface area (TPSA) is 67.6 Å². The number of fused-ring (bicyclic) bond motifs is 1. The first-order valence-corrected chi connectivity index (χ1v) is 8.78. The Hall–Kier alpha value is -2.83. The van der Waals surface area contributed by atoms with E-state index >= 15 is 0 Å². The third-order valence-electron chi connectivity index (χ3n) is 3.87. The Morgan fingerprint density at radius 3 is 2.50 bits per heavy atom. The van der Waals surface area contributed by atoms with Crippen molar-refractivity contribution >= 4 is 57.2 Å². The summed E-state index contributed by atoms with van der Waals surface area (Å²) in [4.78, 5) is 38.7. The second-order valence-corrected chi connectivity index (χ2v) is 6.94. The highest BCUT2D eigenvalue weighted by molar-refractivity contribution is 8.19. The smallest absolute Gasteiger partial charge is 0.298 e. The van der Waals surface area contributed by atoms with Gasteiger partial charge in [0.05, 0.1) is 21.5 Å². The molecule has 0 unspecified atom stereocenters. The standard InChI is InChI=1S/C19H10ClNO4S/c20-12-5-7-13(8-6-12)21-18(23)16(26-19(21)24)9-11-10-25-15-4-2-1-3-14(15)17(11)22/h1-10H/b16-9+. The zero-order chi connectivity index (χ0) is 18.3. The molecule has 1 aliphatic heterocycles. The van der Waals surface area contributed by atoms with Gasteiger partial charge in [-0.25, -0.2) is 4.90 Å². The number of imide groups is 1. The Morgan fingerprint density at radius 1 is 1.00 bits per heavy atom. The van der Waals surface area contributed by atoms with Gasteiger partial charge < -0.3 is 4.42 Å². The predicted octanol–water partition coefficient (Wildman–Crippen LogP) is 4.69. The number of anilines is 1. The minimum Gasteiger partial charge on any atom is -0.463 e. The first kappa shape index (κ1) is 16.6. The van der Waals surface area contributed by atoms with Crippen LogP contribution < -0.4 is 10.3 Å². The largest absolute Gasteiger partial charge is 0.463 e. The number of hydrogen-bond acceptors (Lipinski definition) is 5. The van der Waals surface area contributed by atoms with Crippen molar-refractivity contribution in [3.05, 3.63) is 80.5 Å². The van der Waals surface area contributed by atoms with Crippen LogP contribution in [0.15, 0.2) is 68.9 Å². The van der Waals surface area contributed by atoms with Crippen molar-refractivity contribution in [2.75, 3.05) is 4.90 Å². The first-order valence-electron chi connectivity index (χ1n) is 7.58. The molecule has 0 radical (unpaired) electrons. The van der Waals surface area contributed by atoms with Crippen LogP contribution in [-0.4, -0.2) is 11.1 Å². The molecule has 2 aromatic carbocycles. The molecule has 0 atom stereocenters. The van der Waals surface area contributed by atoms with E-state index in [9.17, 15) is 14.4 Å². The highest BCUT2D eigenvalue weighted by Crippen LogP contribution is 2.35. The number of para-hydroxylation sites is 1. The summed E-state index contributed by atoms with van der Waals surface area (Å²) in [5.41, 5.74) is 0.838. The Bertz CT molecular complexity index is 1130. The fourth-order valence-corrected chi connectivity index (χ4v) is 3.57. The van der Waals surface area contributed by atoms with Crippen LogP contribution in [0.2, 0.25) is 5.02 Å². The molecule has 5 nitrogen and oxygen atoms in total. The molecule has 128 valence electrons. The monoisotopic (exact) mass is 383 g/mol. The van der Waals surface area contributed by atoms with Gasteiger partial charge in [-0.05, 0) is 54.2 Å². The number of carbonyl (C=O) groups is 2. The van der Waals surface area contributed by atoms with Gasteiger partial charge >= 0.3 is 0 Å². The van der Waals surface area contributed by atoms with Gasteiger partial charge in [-0.15, -0.1) is 0 Å². The molecular formula is C19H10ClNO4S. The highest BCUT2D eigenvalue weighted by Gasteiger charge is 2.36. The number of halogens is 1. The lowest BCUT2D eigenvalue weighted by atomic mass is 10.1. The van der Waals surface area contributed by atoms with E-state index < -0.39 is 11.1 Å². The average molecular weight is 384 g/mol. The van der Waals surface area contributed by atoms with Gasteiger partial charge in [0.15, 0.2) is 5.43 Å². The fraction of sp³-hybridized carbons (Fsp3) is 0.